The molecule has 1 aliphatic carbocycles. The van der Waals surface area contributed by atoms with Crippen molar-refractivity contribution in [3.05, 3.63) is 17.0 Å². The minimum Gasteiger partial charge on any atom is -0.390 e. The van der Waals surface area contributed by atoms with Gasteiger partial charge in [0.05, 0.1) is 11.3 Å². The number of piperazine rings is 1. The first-order valence-corrected chi connectivity index (χ1v) is 13.3. The molecule has 190 valence electrons. The van der Waals surface area contributed by atoms with Crippen molar-refractivity contribution in [1.29, 1.82) is 0 Å². The summed E-state index contributed by atoms with van der Waals surface area (Å²) in [4.78, 5) is 31.6. The second-order valence-corrected chi connectivity index (χ2v) is 10.9. The fourth-order valence-corrected chi connectivity index (χ4v) is 6.30. The zero-order chi connectivity index (χ0) is 24.5. The van der Waals surface area contributed by atoms with Crippen LogP contribution in [0.1, 0.15) is 88.1 Å². The van der Waals surface area contributed by atoms with Crippen LogP contribution in [-0.2, 0) is 23.2 Å². The van der Waals surface area contributed by atoms with E-state index in [1.54, 1.807) is 0 Å². The first-order valence-electron chi connectivity index (χ1n) is 13.3. The number of carbonyl (C=O) groups is 2. The van der Waals surface area contributed by atoms with E-state index in [-0.39, 0.29) is 11.8 Å². The van der Waals surface area contributed by atoms with Gasteiger partial charge in [-0.2, -0.15) is 5.10 Å². The molecule has 1 aromatic rings. The van der Waals surface area contributed by atoms with E-state index in [9.17, 15) is 14.7 Å². The molecule has 1 aromatic heterocycles. The molecule has 0 bridgehead atoms. The molecule has 8 nitrogen and oxygen atoms in total. The zero-order valence-corrected chi connectivity index (χ0v) is 21.5. The normalized spacial score (nSPS) is 25.1. The molecule has 2 saturated heterocycles. The van der Waals surface area contributed by atoms with Crippen LogP contribution in [0, 0.1) is 13.8 Å². The van der Waals surface area contributed by atoms with E-state index in [1.165, 1.54) is 11.3 Å². The number of rotatable bonds is 7. The summed E-state index contributed by atoms with van der Waals surface area (Å²) in [6.45, 7) is 9.23. The summed E-state index contributed by atoms with van der Waals surface area (Å²) >= 11 is 0. The number of nitrogens with zero attached hydrogens (tertiary/aromatic N) is 4. The van der Waals surface area contributed by atoms with Crippen LogP contribution in [0.2, 0.25) is 0 Å². The number of likely N-dealkylation sites (tertiary alicyclic amines) is 1. The summed E-state index contributed by atoms with van der Waals surface area (Å²) in [5.41, 5.74) is 1.88. The summed E-state index contributed by atoms with van der Waals surface area (Å²) in [5.74, 6) is -0.0274. The lowest BCUT2D eigenvalue weighted by Crippen LogP contribution is -2.73. The van der Waals surface area contributed by atoms with E-state index < -0.39 is 17.2 Å². The van der Waals surface area contributed by atoms with Crippen LogP contribution in [0.5, 0.6) is 0 Å². The van der Waals surface area contributed by atoms with Gasteiger partial charge in [0.25, 0.3) is 0 Å². The van der Waals surface area contributed by atoms with Crippen LogP contribution in [0.15, 0.2) is 0 Å². The number of nitrogens with one attached hydrogen (secondary N) is 1. The maximum absolute atomic E-state index is 13.7. The average Bonchev–Trinajstić information content (AvgIpc) is 3.05. The summed E-state index contributed by atoms with van der Waals surface area (Å²) in [5, 5.41) is 18.7. The standard InChI is InChI=1S/C26H43N5O3/c1-5-6-14-31-23(32)22(17-25(34)10-8-7-9-11-25)27-24(33)26(31)12-15-30(16-13-26)18-21-19(2)28-29(4)20(21)3/h22,34H,5-18H2,1-4H3,(H,27,33)/t22-/m1/s1. The minimum absolute atomic E-state index is 0.000512. The molecule has 1 spiro atoms. The first-order chi connectivity index (χ1) is 16.2. The Labute approximate surface area is 204 Å². The molecule has 2 N–H and O–H groups in total. The van der Waals surface area contributed by atoms with Crippen molar-refractivity contribution < 1.29 is 14.7 Å². The average molecular weight is 474 g/mol. The number of unbranched alkanes of at least 4 members (excludes halogenated alkanes) is 1. The Morgan fingerprint density at radius 1 is 1.09 bits per heavy atom. The lowest BCUT2D eigenvalue weighted by molar-refractivity contribution is -0.163. The van der Waals surface area contributed by atoms with Gasteiger partial charge in [-0.15, -0.1) is 0 Å². The second kappa shape index (κ2) is 9.97. The van der Waals surface area contributed by atoms with Crippen LogP contribution in [0.3, 0.4) is 0 Å². The van der Waals surface area contributed by atoms with Crippen LogP contribution < -0.4 is 5.32 Å². The second-order valence-electron chi connectivity index (χ2n) is 10.9. The largest absolute Gasteiger partial charge is 0.390 e. The Kier molecular flexibility index (Phi) is 7.38. The predicted molar refractivity (Wildman–Crippen MR) is 131 cm³/mol. The van der Waals surface area contributed by atoms with Gasteiger partial charge in [-0.3, -0.25) is 19.2 Å². The van der Waals surface area contributed by atoms with Crippen molar-refractivity contribution in [1.82, 2.24) is 24.9 Å². The van der Waals surface area contributed by atoms with E-state index in [1.807, 2.05) is 23.6 Å². The SMILES string of the molecule is CCCCN1C(=O)[C@@H](CC2(O)CCCCC2)NC(=O)C12CCN(Cc1c(C)nn(C)c1C)CC2. The highest BCUT2D eigenvalue weighted by molar-refractivity contribution is 6.00. The Hall–Kier alpha value is -1.93. The molecule has 1 atom stereocenters. The molecule has 0 unspecified atom stereocenters. The fraction of sp³-hybridized carbons (Fsp3) is 0.808. The smallest absolute Gasteiger partial charge is 0.246 e. The third-order valence-electron chi connectivity index (χ3n) is 8.64. The van der Waals surface area contributed by atoms with E-state index in [2.05, 4.69) is 29.2 Å². The van der Waals surface area contributed by atoms with E-state index >= 15 is 0 Å². The van der Waals surface area contributed by atoms with Gasteiger partial charge in [0.1, 0.15) is 11.6 Å². The summed E-state index contributed by atoms with van der Waals surface area (Å²) in [7, 11) is 1.97. The topological polar surface area (TPSA) is 90.7 Å². The molecule has 2 aliphatic heterocycles. The monoisotopic (exact) mass is 473 g/mol. The van der Waals surface area contributed by atoms with Crippen LogP contribution in [0.4, 0.5) is 0 Å². The minimum atomic E-state index is -0.838. The molecule has 1 saturated carbocycles. The highest BCUT2D eigenvalue weighted by Gasteiger charge is 2.54. The summed E-state index contributed by atoms with van der Waals surface area (Å²) in [6.07, 6.45) is 8.02. The molecular weight excluding hydrogens is 430 g/mol. The van der Waals surface area contributed by atoms with Crippen LogP contribution in [0.25, 0.3) is 0 Å². The summed E-state index contributed by atoms with van der Waals surface area (Å²) in [6, 6.07) is -0.614. The van der Waals surface area contributed by atoms with Crippen molar-refractivity contribution >= 4 is 11.8 Å². The lowest BCUT2D eigenvalue weighted by Gasteiger charge is -2.52. The number of piperidine rings is 1. The van der Waals surface area contributed by atoms with Gasteiger partial charge in [-0.25, -0.2) is 0 Å². The number of hydrogen-bond donors (Lipinski definition) is 2. The fourth-order valence-electron chi connectivity index (χ4n) is 6.30. The quantitative estimate of drug-likeness (QED) is 0.635. The molecule has 3 heterocycles. The Morgan fingerprint density at radius 2 is 1.76 bits per heavy atom. The molecule has 8 heteroatoms. The van der Waals surface area contributed by atoms with Gasteiger partial charge < -0.3 is 15.3 Å². The molecule has 0 radical (unpaired) electrons. The van der Waals surface area contributed by atoms with Gasteiger partial charge in [-0.1, -0.05) is 32.6 Å². The molecule has 2 amide bonds. The van der Waals surface area contributed by atoms with Gasteiger partial charge in [-0.05, 0) is 46.0 Å². The lowest BCUT2D eigenvalue weighted by atomic mass is 9.77. The van der Waals surface area contributed by atoms with Crippen molar-refractivity contribution in [2.24, 2.45) is 7.05 Å². The van der Waals surface area contributed by atoms with E-state index in [4.69, 9.17) is 0 Å². The number of amides is 2. The molecule has 0 aromatic carbocycles. The highest BCUT2D eigenvalue weighted by Crippen LogP contribution is 2.37. The Bertz CT molecular complexity index is 896. The van der Waals surface area contributed by atoms with Crippen molar-refractivity contribution in [3.8, 4) is 0 Å². The molecular formula is C26H43N5O3. The molecule has 34 heavy (non-hydrogen) atoms. The third kappa shape index (κ3) is 4.76. The predicted octanol–water partition coefficient (Wildman–Crippen LogP) is 2.58. The molecule has 3 fully saturated rings. The van der Waals surface area contributed by atoms with Gasteiger partial charge >= 0.3 is 0 Å². The van der Waals surface area contributed by atoms with Crippen LogP contribution in [-0.4, -0.2) is 73.3 Å². The highest BCUT2D eigenvalue weighted by atomic mass is 16.3. The third-order valence-corrected chi connectivity index (χ3v) is 8.64. The number of hydrogen-bond acceptors (Lipinski definition) is 5. The van der Waals surface area contributed by atoms with Crippen molar-refractivity contribution in [3.63, 3.8) is 0 Å². The number of carbonyl (C=O) groups excluding carboxylic acids is 2. The van der Waals surface area contributed by atoms with Crippen molar-refractivity contribution in [2.75, 3.05) is 19.6 Å². The number of aliphatic hydroxyl groups is 1. The summed E-state index contributed by atoms with van der Waals surface area (Å²) < 4.78 is 1.93. The Balaban J connectivity index is 1.48. The van der Waals surface area contributed by atoms with Gasteiger partial charge in [0.15, 0.2) is 0 Å². The van der Waals surface area contributed by atoms with Crippen molar-refractivity contribution in [2.45, 2.75) is 109 Å². The number of aryl methyl sites for hydroxylation is 2. The molecule has 3 aliphatic rings. The van der Waals surface area contributed by atoms with E-state index in [0.717, 1.165) is 70.3 Å². The Morgan fingerprint density at radius 3 is 2.35 bits per heavy atom. The maximum atomic E-state index is 13.7. The zero-order valence-electron chi connectivity index (χ0n) is 21.5. The van der Waals surface area contributed by atoms with Gasteiger partial charge in [0, 0.05) is 50.9 Å². The van der Waals surface area contributed by atoms with E-state index in [0.29, 0.717) is 25.8 Å². The first kappa shape index (κ1) is 25.2. The number of aromatic nitrogens is 2. The van der Waals surface area contributed by atoms with Gasteiger partial charge in [0.2, 0.25) is 11.8 Å². The van der Waals surface area contributed by atoms with Crippen LogP contribution >= 0.6 is 0 Å². The maximum Gasteiger partial charge on any atom is 0.246 e. The molecule has 4 rings (SSSR count).